The summed E-state index contributed by atoms with van der Waals surface area (Å²) in [6.07, 6.45) is -1.24. The maximum absolute atomic E-state index is 13.2. The molecule has 1 aromatic heterocycles. The smallest absolute Gasteiger partial charge is 0.377 e. The molecule has 2 amide bonds. The highest BCUT2D eigenvalue weighted by Gasteiger charge is 2.31. The number of fused-ring (bicyclic) bond motifs is 1. The number of likely N-dealkylation sites (N-methyl/N-ethyl adjacent to an activating group) is 1. The number of alkyl halides is 3. The predicted octanol–water partition coefficient (Wildman–Crippen LogP) is 4.13. The van der Waals surface area contributed by atoms with Gasteiger partial charge in [-0.25, -0.2) is 4.98 Å². The molecule has 1 atom stereocenters. The fourth-order valence-corrected chi connectivity index (χ4v) is 4.39. The number of nitrogens with one attached hydrogen (secondary N) is 1. The SMILES string of the molecule is Cc1cccc2nc(NC(=O)c3cccc(C(F)(F)F)c3)n(C3COCCN(C(=O)C=CCN(C)C)C3)c12. The van der Waals surface area contributed by atoms with Crippen molar-refractivity contribution in [1.82, 2.24) is 19.4 Å². The third kappa shape index (κ3) is 6.22. The van der Waals surface area contributed by atoms with Gasteiger partial charge in [-0.3, -0.25) is 14.9 Å². The molecule has 11 heteroatoms. The molecule has 0 saturated carbocycles. The summed E-state index contributed by atoms with van der Waals surface area (Å²) >= 11 is 0. The predicted molar refractivity (Wildman–Crippen MR) is 138 cm³/mol. The molecule has 4 rings (SSSR count). The van der Waals surface area contributed by atoms with Crippen molar-refractivity contribution in [3.05, 3.63) is 71.3 Å². The van der Waals surface area contributed by atoms with Crippen LogP contribution in [0.2, 0.25) is 0 Å². The van der Waals surface area contributed by atoms with Crippen LogP contribution >= 0.6 is 0 Å². The zero-order valence-electron chi connectivity index (χ0n) is 21.5. The van der Waals surface area contributed by atoms with E-state index in [1.165, 1.54) is 18.2 Å². The molecule has 0 aliphatic carbocycles. The van der Waals surface area contributed by atoms with E-state index in [4.69, 9.17) is 4.74 Å². The van der Waals surface area contributed by atoms with E-state index in [0.717, 1.165) is 23.2 Å². The molecule has 1 unspecified atom stereocenters. The quantitative estimate of drug-likeness (QED) is 0.486. The number of para-hydroxylation sites is 1. The van der Waals surface area contributed by atoms with Crippen LogP contribution in [0.15, 0.2) is 54.6 Å². The molecule has 1 saturated heterocycles. The fraction of sp³-hybridized carbons (Fsp3) is 0.370. The molecule has 1 aliphatic rings. The molecule has 38 heavy (non-hydrogen) atoms. The lowest BCUT2D eigenvalue weighted by Gasteiger charge is -2.25. The Morgan fingerprint density at radius 3 is 2.71 bits per heavy atom. The van der Waals surface area contributed by atoms with Crippen LogP contribution in [0.5, 0.6) is 0 Å². The number of benzene rings is 2. The van der Waals surface area contributed by atoms with Crippen LogP contribution in [0.4, 0.5) is 19.1 Å². The standard InChI is InChI=1S/C27H30F3N5O3/c1-18-7-4-10-22-24(18)35(21-16-34(13-14-38-17-21)23(36)11-6-12-33(2)3)26(31-22)32-25(37)19-8-5-9-20(15-19)27(28,29)30/h4-11,15,21H,12-14,16-17H2,1-3H3,(H,31,32,37). The first-order valence-corrected chi connectivity index (χ1v) is 12.2. The van der Waals surface area contributed by atoms with E-state index in [9.17, 15) is 22.8 Å². The second-order valence-electron chi connectivity index (χ2n) is 9.46. The van der Waals surface area contributed by atoms with E-state index in [1.807, 2.05) is 42.6 Å². The average Bonchev–Trinajstić information content (AvgIpc) is 3.05. The zero-order chi connectivity index (χ0) is 27.4. The minimum atomic E-state index is -4.57. The second-order valence-corrected chi connectivity index (χ2v) is 9.46. The van der Waals surface area contributed by atoms with E-state index >= 15 is 0 Å². The van der Waals surface area contributed by atoms with Crippen molar-refractivity contribution in [1.29, 1.82) is 0 Å². The molecule has 0 radical (unpaired) electrons. The molecule has 1 aliphatic heterocycles. The molecule has 202 valence electrons. The Bertz CT molecular complexity index is 1350. The summed E-state index contributed by atoms with van der Waals surface area (Å²) in [5.41, 5.74) is 1.19. The third-order valence-corrected chi connectivity index (χ3v) is 6.24. The highest BCUT2D eigenvalue weighted by atomic mass is 19.4. The Labute approximate surface area is 218 Å². The zero-order valence-corrected chi connectivity index (χ0v) is 21.5. The molecule has 3 aromatic rings. The molecular formula is C27H30F3N5O3. The Kier molecular flexibility index (Phi) is 8.17. The summed E-state index contributed by atoms with van der Waals surface area (Å²) in [4.78, 5) is 34.2. The van der Waals surface area contributed by atoms with Crippen molar-refractivity contribution in [2.24, 2.45) is 0 Å². The first-order chi connectivity index (χ1) is 18.0. The minimum Gasteiger partial charge on any atom is -0.377 e. The normalized spacial score (nSPS) is 16.8. The molecular weight excluding hydrogens is 499 g/mol. The van der Waals surface area contributed by atoms with E-state index < -0.39 is 23.7 Å². The number of anilines is 1. The van der Waals surface area contributed by atoms with Gasteiger partial charge in [-0.15, -0.1) is 0 Å². The van der Waals surface area contributed by atoms with Gasteiger partial charge in [0, 0.05) is 31.3 Å². The number of hydrogen-bond donors (Lipinski definition) is 1. The number of imidazole rings is 1. The van der Waals surface area contributed by atoms with E-state index in [0.29, 0.717) is 31.8 Å². The summed E-state index contributed by atoms with van der Waals surface area (Å²) in [5, 5.41) is 2.70. The third-order valence-electron chi connectivity index (χ3n) is 6.24. The maximum Gasteiger partial charge on any atom is 0.416 e. The molecule has 2 aromatic carbocycles. The van der Waals surface area contributed by atoms with Crippen LogP contribution in [-0.4, -0.2) is 78.1 Å². The highest BCUT2D eigenvalue weighted by Crippen LogP contribution is 2.31. The van der Waals surface area contributed by atoms with Crippen molar-refractivity contribution in [2.45, 2.75) is 19.1 Å². The Hall–Kier alpha value is -3.70. The lowest BCUT2D eigenvalue weighted by atomic mass is 10.1. The lowest BCUT2D eigenvalue weighted by Crippen LogP contribution is -2.36. The maximum atomic E-state index is 13.2. The molecule has 1 fully saturated rings. The van der Waals surface area contributed by atoms with E-state index in [2.05, 4.69) is 10.3 Å². The van der Waals surface area contributed by atoms with Crippen LogP contribution in [0, 0.1) is 6.92 Å². The van der Waals surface area contributed by atoms with Crippen molar-refractivity contribution in [2.75, 3.05) is 52.3 Å². The van der Waals surface area contributed by atoms with Gasteiger partial charge in [0.1, 0.15) is 0 Å². The number of rotatable bonds is 6. The topological polar surface area (TPSA) is 79.7 Å². The summed E-state index contributed by atoms with van der Waals surface area (Å²) < 4.78 is 47.3. The summed E-state index contributed by atoms with van der Waals surface area (Å²) in [5.74, 6) is -0.708. The van der Waals surface area contributed by atoms with Crippen molar-refractivity contribution >= 4 is 28.8 Å². The van der Waals surface area contributed by atoms with Crippen LogP contribution in [0.3, 0.4) is 0 Å². The second kappa shape index (κ2) is 11.4. The van der Waals surface area contributed by atoms with Crippen LogP contribution < -0.4 is 5.32 Å². The molecule has 0 bridgehead atoms. The number of nitrogens with zero attached hydrogens (tertiary/aromatic N) is 4. The first-order valence-electron chi connectivity index (χ1n) is 12.2. The van der Waals surface area contributed by atoms with Gasteiger partial charge in [-0.1, -0.05) is 24.3 Å². The number of ether oxygens (including phenoxy) is 1. The van der Waals surface area contributed by atoms with Gasteiger partial charge in [-0.2, -0.15) is 13.2 Å². The van der Waals surface area contributed by atoms with Gasteiger partial charge in [0.05, 0.1) is 35.9 Å². The van der Waals surface area contributed by atoms with Crippen LogP contribution in [0.25, 0.3) is 11.0 Å². The summed E-state index contributed by atoms with van der Waals surface area (Å²) in [7, 11) is 3.82. The van der Waals surface area contributed by atoms with Gasteiger partial charge < -0.3 is 19.1 Å². The molecule has 2 heterocycles. The lowest BCUT2D eigenvalue weighted by molar-refractivity contribution is -0.137. The molecule has 0 spiro atoms. The highest BCUT2D eigenvalue weighted by molar-refractivity contribution is 6.04. The van der Waals surface area contributed by atoms with Gasteiger partial charge >= 0.3 is 6.18 Å². The van der Waals surface area contributed by atoms with Crippen LogP contribution in [0.1, 0.15) is 27.5 Å². The average molecular weight is 530 g/mol. The minimum absolute atomic E-state index is 0.143. The Morgan fingerprint density at radius 2 is 1.97 bits per heavy atom. The molecule has 1 N–H and O–H groups in total. The Morgan fingerprint density at radius 1 is 1.21 bits per heavy atom. The number of carbonyl (C=O) groups is 2. The van der Waals surface area contributed by atoms with Gasteiger partial charge in [0.15, 0.2) is 0 Å². The van der Waals surface area contributed by atoms with Gasteiger partial charge in [0.2, 0.25) is 11.9 Å². The number of aromatic nitrogens is 2. The fourth-order valence-electron chi connectivity index (χ4n) is 4.39. The van der Waals surface area contributed by atoms with E-state index in [1.54, 1.807) is 17.0 Å². The number of hydrogen-bond acceptors (Lipinski definition) is 5. The van der Waals surface area contributed by atoms with Crippen molar-refractivity contribution in [3.8, 4) is 0 Å². The monoisotopic (exact) mass is 529 g/mol. The van der Waals surface area contributed by atoms with Gasteiger partial charge in [0.25, 0.3) is 5.91 Å². The Balaban J connectivity index is 1.68. The van der Waals surface area contributed by atoms with Gasteiger partial charge in [-0.05, 0) is 50.8 Å². The van der Waals surface area contributed by atoms with Crippen LogP contribution in [-0.2, 0) is 15.7 Å². The number of amides is 2. The summed E-state index contributed by atoms with van der Waals surface area (Å²) in [6.45, 7) is 3.84. The van der Waals surface area contributed by atoms with Crippen molar-refractivity contribution < 1.29 is 27.5 Å². The van der Waals surface area contributed by atoms with E-state index in [-0.39, 0.29) is 24.0 Å². The number of halogens is 3. The number of aryl methyl sites for hydroxylation is 1. The molecule has 8 nitrogen and oxygen atoms in total. The summed E-state index contributed by atoms with van der Waals surface area (Å²) in [6, 6.07) is 9.37. The first kappa shape index (κ1) is 27.3. The van der Waals surface area contributed by atoms with Crippen molar-refractivity contribution in [3.63, 3.8) is 0 Å². The largest absolute Gasteiger partial charge is 0.416 e. The number of carbonyl (C=O) groups excluding carboxylic acids is 2.